The molecule has 8 heteroatoms. The molecule has 170 valence electrons. The SMILES string of the molecule is CCOC(=O)[C@@H]1C[C@H]1c1ccc(NCc2cc(B3OC(C)(C)C(C)(C)O3)ccc2F)cn1. The van der Waals surface area contributed by atoms with Crippen molar-refractivity contribution in [1.29, 1.82) is 0 Å². The van der Waals surface area contributed by atoms with E-state index in [0.29, 0.717) is 18.7 Å². The fourth-order valence-electron chi connectivity index (χ4n) is 3.81. The monoisotopic (exact) mass is 440 g/mol. The number of pyridine rings is 1. The number of anilines is 1. The summed E-state index contributed by atoms with van der Waals surface area (Å²) >= 11 is 0. The standard InChI is InChI=1S/C24H30BFN2O4/c1-6-30-22(29)19-12-18(19)21-10-8-17(14-28-21)27-13-15-11-16(7-9-20(15)26)25-31-23(2,3)24(4,5)32-25/h7-11,14,18-19,27H,6,12-13H2,1-5H3/t18-,19-/m1/s1. The Hall–Kier alpha value is -2.45. The van der Waals surface area contributed by atoms with Crippen molar-refractivity contribution in [2.75, 3.05) is 11.9 Å². The summed E-state index contributed by atoms with van der Waals surface area (Å²) in [5.41, 5.74) is 2.06. The van der Waals surface area contributed by atoms with Gasteiger partial charge in [0.1, 0.15) is 5.82 Å². The Balaban J connectivity index is 1.38. The van der Waals surface area contributed by atoms with Crippen LogP contribution in [0.5, 0.6) is 0 Å². The van der Waals surface area contributed by atoms with Gasteiger partial charge in [-0.2, -0.15) is 0 Å². The zero-order valence-electron chi connectivity index (χ0n) is 19.3. The predicted octanol–water partition coefficient (Wildman–Crippen LogP) is 3.80. The summed E-state index contributed by atoms with van der Waals surface area (Å²) in [7, 11) is -0.536. The van der Waals surface area contributed by atoms with Crippen LogP contribution in [-0.4, -0.2) is 35.9 Å². The molecular formula is C24H30BFN2O4. The highest BCUT2D eigenvalue weighted by molar-refractivity contribution is 6.62. The number of nitrogens with one attached hydrogen (secondary N) is 1. The van der Waals surface area contributed by atoms with Gasteiger partial charge in [-0.25, -0.2) is 4.39 Å². The number of rotatable bonds is 7. The molecule has 32 heavy (non-hydrogen) atoms. The van der Waals surface area contributed by atoms with Gasteiger partial charge >= 0.3 is 13.1 Å². The maximum Gasteiger partial charge on any atom is 0.494 e. The summed E-state index contributed by atoms with van der Waals surface area (Å²) in [5, 5.41) is 3.22. The molecule has 1 aromatic carbocycles. The Morgan fingerprint density at radius 2 is 1.94 bits per heavy atom. The van der Waals surface area contributed by atoms with Gasteiger partial charge in [0.05, 0.1) is 35.6 Å². The van der Waals surface area contributed by atoms with Gasteiger partial charge in [0.25, 0.3) is 0 Å². The van der Waals surface area contributed by atoms with E-state index in [2.05, 4.69) is 10.3 Å². The largest absolute Gasteiger partial charge is 0.494 e. The lowest BCUT2D eigenvalue weighted by Crippen LogP contribution is -2.41. The summed E-state index contributed by atoms with van der Waals surface area (Å²) in [5.74, 6) is -0.415. The van der Waals surface area contributed by atoms with E-state index in [1.807, 2.05) is 46.8 Å². The molecule has 1 N–H and O–H groups in total. The number of esters is 1. The first-order valence-electron chi connectivity index (χ1n) is 11.1. The molecule has 0 amide bonds. The topological polar surface area (TPSA) is 69.7 Å². The molecule has 1 saturated carbocycles. The Kier molecular flexibility index (Phi) is 6.03. The molecule has 0 bridgehead atoms. The molecule has 1 aliphatic heterocycles. The summed E-state index contributed by atoms with van der Waals surface area (Å²) in [6.07, 6.45) is 2.49. The van der Waals surface area contributed by atoms with Crippen LogP contribution in [0.3, 0.4) is 0 Å². The zero-order valence-corrected chi connectivity index (χ0v) is 19.3. The van der Waals surface area contributed by atoms with Crippen molar-refractivity contribution >= 4 is 24.2 Å². The molecule has 0 radical (unpaired) electrons. The molecule has 2 aromatic rings. The number of carbonyl (C=O) groups excluding carboxylic acids is 1. The van der Waals surface area contributed by atoms with Gasteiger partial charge in [-0.1, -0.05) is 12.1 Å². The average molecular weight is 440 g/mol. The van der Waals surface area contributed by atoms with Gasteiger partial charge in [-0.15, -0.1) is 0 Å². The van der Waals surface area contributed by atoms with Crippen molar-refractivity contribution in [2.45, 2.75) is 64.7 Å². The lowest BCUT2D eigenvalue weighted by Gasteiger charge is -2.32. The number of ether oxygens (including phenoxy) is 1. The van der Waals surface area contributed by atoms with Gasteiger partial charge in [0.2, 0.25) is 0 Å². The van der Waals surface area contributed by atoms with Crippen LogP contribution in [0.4, 0.5) is 10.1 Å². The van der Waals surface area contributed by atoms with Gasteiger partial charge in [0, 0.05) is 23.7 Å². The fourth-order valence-corrected chi connectivity index (χ4v) is 3.81. The van der Waals surface area contributed by atoms with Gasteiger partial charge < -0.3 is 19.4 Å². The highest BCUT2D eigenvalue weighted by Gasteiger charge is 2.51. The van der Waals surface area contributed by atoms with E-state index in [9.17, 15) is 9.18 Å². The van der Waals surface area contributed by atoms with Gasteiger partial charge in [-0.3, -0.25) is 9.78 Å². The number of hydrogen-bond acceptors (Lipinski definition) is 6. The molecule has 4 rings (SSSR count). The van der Waals surface area contributed by atoms with Gasteiger partial charge in [0.15, 0.2) is 0 Å². The number of nitrogens with zero attached hydrogens (tertiary/aromatic N) is 1. The van der Waals surface area contributed by atoms with E-state index in [1.54, 1.807) is 18.3 Å². The van der Waals surface area contributed by atoms with Crippen LogP contribution in [0.1, 0.15) is 58.2 Å². The summed E-state index contributed by atoms with van der Waals surface area (Å²) < 4.78 is 31.7. The number of benzene rings is 1. The maximum absolute atomic E-state index is 14.4. The number of halogens is 1. The third-order valence-corrected chi connectivity index (χ3v) is 6.62. The van der Waals surface area contributed by atoms with E-state index in [0.717, 1.165) is 23.3 Å². The van der Waals surface area contributed by atoms with Crippen molar-refractivity contribution < 1.29 is 23.2 Å². The Bertz CT molecular complexity index is 980. The summed E-state index contributed by atoms with van der Waals surface area (Å²) in [6, 6.07) is 8.73. The third kappa shape index (κ3) is 4.52. The van der Waals surface area contributed by atoms with Crippen molar-refractivity contribution in [2.24, 2.45) is 5.92 Å². The maximum atomic E-state index is 14.4. The highest BCUT2D eigenvalue weighted by atomic mass is 19.1. The lowest BCUT2D eigenvalue weighted by molar-refractivity contribution is -0.144. The Morgan fingerprint density at radius 1 is 1.22 bits per heavy atom. The second-order valence-electron chi connectivity index (χ2n) is 9.47. The smallest absolute Gasteiger partial charge is 0.466 e. The van der Waals surface area contributed by atoms with Crippen molar-refractivity contribution in [1.82, 2.24) is 4.98 Å². The minimum atomic E-state index is -0.536. The van der Waals surface area contributed by atoms with Crippen molar-refractivity contribution in [3.8, 4) is 0 Å². The van der Waals surface area contributed by atoms with Gasteiger partial charge in [-0.05, 0) is 64.7 Å². The highest BCUT2D eigenvalue weighted by Crippen LogP contribution is 2.47. The van der Waals surface area contributed by atoms with Crippen LogP contribution in [0, 0.1) is 11.7 Å². The summed E-state index contributed by atoms with van der Waals surface area (Å²) in [4.78, 5) is 16.3. The molecule has 1 aliphatic carbocycles. The number of hydrogen-bond donors (Lipinski definition) is 1. The minimum absolute atomic E-state index is 0.0897. The quantitative estimate of drug-likeness (QED) is 0.522. The molecule has 2 heterocycles. The molecule has 2 aliphatic rings. The van der Waals surface area contributed by atoms with Crippen molar-refractivity contribution in [3.05, 3.63) is 53.6 Å². The Labute approximate surface area is 189 Å². The van der Waals surface area contributed by atoms with Crippen LogP contribution in [0.15, 0.2) is 36.5 Å². The molecule has 2 fully saturated rings. The Morgan fingerprint density at radius 3 is 2.56 bits per heavy atom. The average Bonchev–Trinajstić information content (AvgIpc) is 3.50. The van der Waals surface area contributed by atoms with E-state index >= 15 is 0 Å². The minimum Gasteiger partial charge on any atom is -0.466 e. The molecule has 0 spiro atoms. The first-order valence-corrected chi connectivity index (χ1v) is 11.1. The molecule has 6 nitrogen and oxygen atoms in total. The second-order valence-corrected chi connectivity index (χ2v) is 9.47. The number of carbonyl (C=O) groups is 1. The van der Waals surface area contributed by atoms with E-state index in [1.165, 1.54) is 6.07 Å². The van der Waals surface area contributed by atoms with Crippen LogP contribution in [0.25, 0.3) is 0 Å². The lowest BCUT2D eigenvalue weighted by atomic mass is 9.78. The third-order valence-electron chi connectivity index (χ3n) is 6.62. The molecule has 2 atom stereocenters. The molecule has 1 aromatic heterocycles. The summed E-state index contributed by atoms with van der Waals surface area (Å²) in [6.45, 7) is 10.5. The van der Waals surface area contributed by atoms with E-state index in [-0.39, 0.29) is 23.6 Å². The molecule has 0 unspecified atom stereocenters. The molecule has 1 saturated heterocycles. The zero-order chi connectivity index (χ0) is 23.1. The van der Waals surface area contributed by atoms with Crippen LogP contribution >= 0.6 is 0 Å². The second kappa shape index (κ2) is 8.48. The predicted molar refractivity (Wildman–Crippen MR) is 121 cm³/mol. The first-order chi connectivity index (χ1) is 15.1. The molecular weight excluding hydrogens is 410 g/mol. The van der Waals surface area contributed by atoms with Crippen LogP contribution < -0.4 is 10.8 Å². The van der Waals surface area contributed by atoms with Crippen LogP contribution in [-0.2, 0) is 25.4 Å². The first kappa shape index (κ1) is 22.7. The van der Waals surface area contributed by atoms with E-state index < -0.39 is 18.3 Å². The van der Waals surface area contributed by atoms with E-state index in [4.69, 9.17) is 14.0 Å². The number of aromatic nitrogens is 1. The van der Waals surface area contributed by atoms with Crippen molar-refractivity contribution in [3.63, 3.8) is 0 Å². The van der Waals surface area contributed by atoms with Crippen LogP contribution in [0.2, 0.25) is 0 Å². The normalized spacial score (nSPS) is 23.1. The fraction of sp³-hybridized carbons (Fsp3) is 0.500.